The second-order valence-electron chi connectivity index (χ2n) is 6.19. The van der Waals surface area contributed by atoms with Gasteiger partial charge >= 0.3 is 11.9 Å². The van der Waals surface area contributed by atoms with Gasteiger partial charge in [-0.3, -0.25) is 10.1 Å². The summed E-state index contributed by atoms with van der Waals surface area (Å²) < 4.78 is 49.8. The van der Waals surface area contributed by atoms with E-state index in [-0.39, 0.29) is 17.3 Å². The molecule has 0 unspecified atom stereocenters. The summed E-state index contributed by atoms with van der Waals surface area (Å²) in [6.07, 6.45) is -3.69. The molecule has 0 aliphatic carbocycles. The lowest BCUT2D eigenvalue weighted by atomic mass is 10.2. The monoisotopic (exact) mass is 469 g/mol. The molecule has 2 N–H and O–H groups in total. The zero-order valence-electron chi connectivity index (χ0n) is 16.5. The Bertz CT molecular complexity index is 1160. The first-order valence-electron chi connectivity index (χ1n) is 8.76. The molecule has 0 aliphatic heterocycles. The van der Waals surface area contributed by atoms with E-state index in [1.807, 2.05) is 0 Å². The summed E-state index contributed by atoms with van der Waals surface area (Å²) in [6, 6.07) is 7.74. The maximum atomic E-state index is 13.1. The SMILES string of the molecule is COc1ccc(OC)c(Nc2ncnc(Nc3ccc(Cl)c(C(F)(F)F)c3)c2[N+](=O)[O-])c1. The number of hydrogen-bond donors (Lipinski definition) is 2. The molecule has 0 radical (unpaired) electrons. The summed E-state index contributed by atoms with van der Waals surface area (Å²) in [4.78, 5) is 18.7. The number of halogens is 4. The molecule has 0 fully saturated rings. The molecule has 0 saturated heterocycles. The van der Waals surface area contributed by atoms with Crippen LogP contribution in [0.2, 0.25) is 5.02 Å². The predicted octanol–water partition coefficient (Wildman–Crippen LogP) is 5.56. The van der Waals surface area contributed by atoms with Crippen molar-refractivity contribution in [2.24, 2.45) is 0 Å². The molecule has 0 saturated carbocycles. The van der Waals surface area contributed by atoms with Gasteiger partial charge in [0.1, 0.15) is 17.8 Å². The van der Waals surface area contributed by atoms with Crippen LogP contribution in [0.15, 0.2) is 42.7 Å². The number of anilines is 4. The third-order valence-electron chi connectivity index (χ3n) is 4.20. The van der Waals surface area contributed by atoms with Gasteiger partial charge in [-0.1, -0.05) is 11.6 Å². The van der Waals surface area contributed by atoms with Gasteiger partial charge in [-0.2, -0.15) is 13.2 Å². The van der Waals surface area contributed by atoms with E-state index in [4.69, 9.17) is 21.1 Å². The maximum Gasteiger partial charge on any atom is 0.417 e. The molecule has 0 spiro atoms. The van der Waals surface area contributed by atoms with Gasteiger partial charge in [-0.25, -0.2) is 9.97 Å². The van der Waals surface area contributed by atoms with Gasteiger partial charge in [0, 0.05) is 11.8 Å². The smallest absolute Gasteiger partial charge is 0.417 e. The van der Waals surface area contributed by atoms with Crippen molar-refractivity contribution in [3.8, 4) is 11.5 Å². The van der Waals surface area contributed by atoms with Crippen molar-refractivity contribution in [2.45, 2.75) is 6.18 Å². The second-order valence-corrected chi connectivity index (χ2v) is 6.59. The van der Waals surface area contributed by atoms with Crippen LogP contribution in [-0.2, 0) is 6.18 Å². The average molecular weight is 470 g/mol. The average Bonchev–Trinajstić information content (AvgIpc) is 2.74. The minimum absolute atomic E-state index is 0.103. The Morgan fingerprint density at radius 1 is 1.03 bits per heavy atom. The molecule has 2 aromatic carbocycles. The summed E-state index contributed by atoms with van der Waals surface area (Å²) in [5, 5.41) is 16.6. The summed E-state index contributed by atoms with van der Waals surface area (Å²) in [7, 11) is 2.86. The van der Waals surface area contributed by atoms with Gasteiger partial charge in [0.15, 0.2) is 0 Å². The van der Waals surface area contributed by atoms with Gasteiger partial charge in [-0.15, -0.1) is 0 Å². The Morgan fingerprint density at radius 2 is 1.72 bits per heavy atom. The largest absolute Gasteiger partial charge is 0.497 e. The van der Waals surface area contributed by atoms with Crippen LogP contribution in [0.1, 0.15) is 5.56 Å². The first-order chi connectivity index (χ1) is 15.1. The lowest BCUT2D eigenvalue weighted by Crippen LogP contribution is -2.08. The number of rotatable bonds is 7. The van der Waals surface area contributed by atoms with Gasteiger partial charge in [-0.05, 0) is 30.3 Å². The van der Waals surface area contributed by atoms with E-state index >= 15 is 0 Å². The molecule has 32 heavy (non-hydrogen) atoms. The number of aromatic nitrogens is 2. The number of nitrogens with zero attached hydrogens (tertiary/aromatic N) is 3. The molecule has 1 heterocycles. The van der Waals surface area contributed by atoms with Crippen LogP contribution in [0.5, 0.6) is 11.5 Å². The highest BCUT2D eigenvalue weighted by Gasteiger charge is 2.33. The number of nitrogens with one attached hydrogen (secondary N) is 2. The molecule has 13 heteroatoms. The molecular formula is C19H15ClF3N5O4. The topological polar surface area (TPSA) is 111 Å². The second kappa shape index (κ2) is 9.14. The van der Waals surface area contributed by atoms with Crippen LogP contribution in [0, 0.1) is 10.1 Å². The summed E-state index contributed by atoms with van der Waals surface area (Å²) >= 11 is 5.62. The van der Waals surface area contributed by atoms with Crippen molar-refractivity contribution in [2.75, 3.05) is 24.9 Å². The van der Waals surface area contributed by atoms with Crippen LogP contribution < -0.4 is 20.1 Å². The molecule has 168 valence electrons. The van der Waals surface area contributed by atoms with E-state index in [9.17, 15) is 23.3 Å². The van der Waals surface area contributed by atoms with Crippen molar-refractivity contribution in [3.05, 3.63) is 63.4 Å². The first kappa shape index (κ1) is 22.9. The summed E-state index contributed by atoms with van der Waals surface area (Å²) in [5.74, 6) is 0.249. The van der Waals surface area contributed by atoms with E-state index < -0.39 is 27.4 Å². The molecule has 1 aromatic heterocycles. The molecule has 0 atom stereocenters. The van der Waals surface area contributed by atoms with Crippen LogP contribution >= 0.6 is 11.6 Å². The number of ether oxygens (including phenoxy) is 2. The van der Waals surface area contributed by atoms with Crippen LogP contribution in [0.4, 0.5) is 41.9 Å². The van der Waals surface area contributed by atoms with E-state index in [1.165, 1.54) is 26.4 Å². The van der Waals surface area contributed by atoms with Gasteiger partial charge in [0.25, 0.3) is 0 Å². The Morgan fingerprint density at radius 3 is 2.31 bits per heavy atom. The fraction of sp³-hybridized carbons (Fsp3) is 0.158. The molecule has 3 rings (SSSR count). The normalized spacial score (nSPS) is 11.1. The molecule has 9 nitrogen and oxygen atoms in total. The van der Waals surface area contributed by atoms with Gasteiger partial charge < -0.3 is 20.1 Å². The highest BCUT2D eigenvalue weighted by atomic mass is 35.5. The first-order valence-corrected chi connectivity index (χ1v) is 9.14. The van der Waals surface area contributed by atoms with Crippen LogP contribution in [0.25, 0.3) is 0 Å². The Labute approximate surface area is 184 Å². The molecule has 0 aliphatic rings. The van der Waals surface area contributed by atoms with Crippen LogP contribution in [-0.4, -0.2) is 29.1 Å². The van der Waals surface area contributed by atoms with E-state index in [1.54, 1.807) is 12.1 Å². The zero-order valence-corrected chi connectivity index (χ0v) is 17.3. The number of nitro groups is 1. The third kappa shape index (κ3) is 4.91. The van der Waals surface area contributed by atoms with E-state index in [0.29, 0.717) is 17.2 Å². The Balaban J connectivity index is 2.03. The van der Waals surface area contributed by atoms with Crippen LogP contribution in [0.3, 0.4) is 0 Å². The highest BCUT2D eigenvalue weighted by Crippen LogP contribution is 2.39. The lowest BCUT2D eigenvalue weighted by molar-refractivity contribution is -0.383. The predicted molar refractivity (Wildman–Crippen MR) is 111 cm³/mol. The number of hydrogen-bond acceptors (Lipinski definition) is 8. The number of methoxy groups -OCH3 is 2. The van der Waals surface area contributed by atoms with E-state index in [0.717, 1.165) is 18.5 Å². The van der Waals surface area contributed by atoms with Crippen molar-refractivity contribution >= 4 is 40.3 Å². The van der Waals surface area contributed by atoms with Crippen molar-refractivity contribution in [1.29, 1.82) is 0 Å². The fourth-order valence-corrected chi connectivity index (χ4v) is 2.96. The minimum Gasteiger partial charge on any atom is -0.497 e. The van der Waals surface area contributed by atoms with Crippen molar-refractivity contribution < 1.29 is 27.6 Å². The quantitative estimate of drug-likeness (QED) is 0.341. The van der Waals surface area contributed by atoms with Gasteiger partial charge in [0.05, 0.1) is 35.4 Å². The molecule has 3 aromatic rings. The van der Waals surface area contributed by atoms with Gasteiger partial charge in [0.2, 0.25) is 11.6 Å². The maximum absolute atomic E-state index is 13.1. The molecular weight excluding hydrogens is 455 g/mol. The Hall–Kier alpha value is -3.80. The number of alkyl halides is 3. The Kier molecular flexibility index (Phi) is 6.53. The molecule has 0 bridgehead atoms. The lowest BCUT2D eigenvalue weighted by Gasteiger charge is -2.14. The highest BCUT2D eigenvalue weighted by molar-refractivity contribution is 6.31. The zero-order chi connectivity index (χ0) is 23.5. The third-order valence-corrected chi connectivity index (χ3v) is 4.53. The number of benzene rings is 2. The fourth-order valence-electron chi connectivity index (χ4n) is 2.73. The van der Waals surface area contributed by atoms with E-state index in [2.05, 4.69) is 20.6 Å². The standard InChI is InChI=1S/C19H15ClF3N5O4/c1-31-11-4-6-15(32-2)14(8-11)27-18-16(28(29)30)17(24-9-25-18)26-10-3-5-13(20)12(7-10)19(21,22)23/h3-9H,1-2H3,(H2,24,25,26,27). The van der Waals surface area contributed by atoms with Crippen molar-refractivity contribution in [3.63, 3.8) is 0 Å². The summed E-state index contributed by atoms with van der Waals surface area (Å²) in [6.45, 7) is 0. The van der Waals surface area contributed by atoms with Crippen molar-refractivity contribution in [1.82, 2.24) is 9.97 Å². The minimum atomic E-state index is -4.71. The summed E-state index contributed by atoms with van der Waals surface area (Å²) in [5.41, 5.74) is -1.49. The molecule has 0 amide bonds.